The van der Waals surface area contributed by atoms with Crippen LogP contribution in [0.4, 0.5) is 0 Å². The van der Waals surface area contributed by atoms with Crippen molar-refractivity contribution < 1.29 is 57.6 Å². The highest BCUT2D eigenvalue weighted by Gasteiger charge is 2.35. The molecule has 0 fully saturated rings. The van der Waals surface area contributed by atoms with Crippen LogP contribution < -0.4 is 37.9 Å². The van der Waals surface area contributed by atoms with Gasteiger partial charge < -0.3 is 57.6 Å². The van der Waals surface area contributed by atoms with Gasteiger partial charge in [0, 0.05) is 22.8 Å². The van der Waals surface area contributed by atoms with E-state index in [9.17, 15) is 10.2 Å². The summed E-state index contributed by atoms with van der Waals surface area (Å²) in [6.07, 6.45) is 0.609. The zero-order valence-electron chi connectivity index (χ0n) is 30.5. The number of fused-ring (bicyclic) bond motifs is 2. The van der Waals surface area contributed by atoms with Gasteiger partial charge in [0.15, 0.2) is 34.5 Å². The van der Waals surface area contributed by atoms with Crippen LogP contribution in [-0.4, -0.2) is 79.8 Å². The van der Waals surface area contributed by atoms with Crippen LogP contribution >= 0.6 is 0 Å². The van der Waals surface area contributed by atoms with Crippen molar-refractivity contribution in [3.8, 4) is 68.6 Å². The molecule has 51 heavy (non-hydrogen) atoms. The number of benzene rings is 4. The van der Waals surface area contributed by atoms with Crippen LogP contribution in [0.5, 0.6) is 57.5 Å². The summed E-state index contributed by atoms with van der Waals surface area (Å²) in [6, 6.07) is 12.7. The second-order valence-corrected chi connectivity index (χ2v) is 11.8. The maximum absolute atomic E-state index is 10.7. The van der Waals surface area contributed by atoms with E-state index in [0.29, 0.717) is 71.0 Å². The summed E-state index contributed by atoms with van der Waals surface area (Å²) in [5, 5.41) is 21.4. The molecule has 0 aliphatic carbocycles. The molecule has 2 N–H and O–H groups in total. The quantitative estimate of drug-likeness (QED) is 0.171. The summed E-state index contributed by atoms with van der Waals surface area (Å²) in [5.74, 6) is 4.35. The second-order valence-electron chi connectivity index (χ2n) is 11.8. The van der Waals surface area contributed by atoms with Gasteiger partial charge in [0.2, 0.25) is 11.5 Å². The number of hydrogen-bond acceptors (Lipinski definition) is 12. The Morgan fingerprint density at radius 2 is 1.18 bits per heavy atom. The summed E-state index contributed by atoms with van der Waals surface area (Å²) >= 11 is 0. The first-order valence-corrected chi connectivity index (χ1v) is 16.3. The molecule has 0 aromatic heterocycles. The highest BCUT2D eigenvalue weighted by Crippen LogP contribution is 2.52. The Labute approximate surface area is 298 Å². The van der Waals surface area contributed by atoms with Crippen LogP contribution in [-0.2, 0) is 28.9 Å². The number of ether oxygens (including phenoxy) is 10. The molecule has 274 valence electrons. The molecule has 4 aromatic carbocycles. The maximum Gasteiger partial charge on any atom is 0.203 e. The van der Waals surface area contributed by atoms with E-state index in [-0.39, 0.29) is 24.2 Å². The topological polar surface area (TPSA) is 133 Å². The predicted molar refractivity (Wildman–Crippen MR) is 190 cm³/mol. The van der Waals surface area contributed by atoms with Crippen molar-refractivity contribution in [2.75, 3.05) is 63.5 Å². The third kappa shape index (κ3) is 7.06. The molecule has 2 unspecified atom stereocenters. The van der Waals surface area contributed by atoms with Crippen molar-refractivity contribution >= 4 is 0 Å². The zero-order valence-corrected chi connectivity index (χ0v) is 30.5. The van der Waals surface area contributed by atoms with E-state index in [0.717, 1.165) is 33.4 Å². The molecule has 6 rings (SSSR count). The lowest BCUT2D eigenvalue weighted by molar-refractivity contribution is 0.0396. The van der Waals surface area contributed by atoms with Crippen LogP contribution in [0.25, 0.3) is 11.1 Å². The zero-order chi connectivity index (χ0) is 36.8. The first-order chi connectivity index (χ1) is 24.7. The molecule has 0 amide bonds. The Balaban J connectivity index is 0.000000357. The summed E-state index contributed by atoms with van der Waals surface area (Å²) in [7, 11) is 12.7. The minimum atomic E-state index is -0.508. The van der Waals surface area contributed by atoms with Crippen molar-refractivity contribution in [2.24, 2.45) is 0 Å². The van der Waals surface area contributed by atoms with Gasteiger partial charge in [-0.3, -0.25) is 0 Å². The minimum Gasteiger partial charge on any atom is -0.504 e. The van der Waals surface area contributed by atoms with Gasteiger partial charge in [-0.2, -0.15) is 0 Å². The fourth-order valence-electron chi connectivity index (χ4n) is 6.71. The van der Waals surface area contributed by atoms with Gasteiger partial charge in [0.25, 0.3) is 0 Å². The van der Waals surface area contributed by atoms with Crippen molar-refractivity contribution in [2.45, 2.75) is 38.6 Å². The Hall–Kier alpha value is -5.20. The Morgan fingerprint density at radius 3 is 1.73 bits per heavy atom. The molecule has 0 saturated heterocycles. The van der Waals surface area contributed by atoms with E-state index in [1.54, 1.807) is 62.9 Å². The molecular weight excluding hydrogens is 660 g/mol. The number of para-hydroxylation sites is 1. The highest BCUT2D eigenvalue weighted by molar-refractivity contribution is 5.83. The average Bonchev–Trinajstić information content (AvgIpc) is 3.17. The van der Waals surface area contributed by atoms with Gasteiger partial charge in [-0.1, -0.05) is 6.07 Å². The Morgan fingerprint density at radius 1 is 0.608 bits per heavy atom. The van der Waals surface area contributed by atoms with E-state index < -0.39 is 6.10 Å². The maximum atomic E-state index is 10.7. The van der Waals surface area contributed by atoms with Gasteiger partial charge in [-0.05, 0) is 72.4 Å². The molecule has 0 radical (unpaired) electrons. The molecule has 12 heteroatoms. The standard InChI is InChI=1S/C30H34O9.C9H12O3/c1-15-9-18-19(12-21(31)28(32)20(18)14-39-15)26-17-7-8-38-29(27(17)23(34-3)13-22(26)33-2)16-10-24(35-4)30(37-6)25(11-16)36-5;1-10-7-5-4-6-8(11-2)9(7)12-3/h10-13,15,29,31-32H,7-9,14H2,1-6H3;4-6H,1-3H3. The monoisotopic (exact) mass is 706 g/mol. The lowest BCUT2D eigenvalue weighted by atomic mass is 9.82. The fraction of sp³-hybridized carbons (Fsp3) is 0.385. The molecule has 0 bridgehead atoms. The number of aromatic hydroxyl groups is 2. The predicted octanol–water partition coefficient (Wildman–Crippen LogP) is 6.64. The Bertz CT molecular complexity index is 1810. The van der Waals surface area contributed by atoms with Gasteiger partial charge in [0.1, 0.15) is 17.6 Å². The molecule has 2 aliphatic heterocycles. The lowest BCUT2D eigenvalue weighted by Crippen LogP contribution is -2.22. The third-order valence-electron chi connectivity index (χ3n) is 9.09. The van der Waals surface area contributed by atoms with Crippen molar-refractivity contribution in [3.05, 3.63) is 70.3 Å². The van der Waals surface area contributed by atoms with Crippen LogP contribution in [0.1, 0.15) is 40.8 Å². The van der Waals surface area contributed by atoms with E-state index in [4.69, 9.17) is 47.4 Å². The van der Waals surface area contributed by atoms with Crippen molar-refractivity contribution in [3.63, 3.8) is 0 Å². The highest BCUT2D eigenvalue weighted by atomic mass is 16.5. The first kappa shape index (κ1) is 37.1. The molecule has 12 nitrogen and oxygen atoms in total. The van der Waals surface area contributed by atoms with E-state index >= 15 is 0 Å². The summed E-state index contributed by atoms with van der Waals surface area (Å²) in [6.45, 7) is 2.64. The van der Waals surface area contributed by atoms with E-state index in [1.807, 2.05) is 43.3 Å². The first-order valence-electron chi connectivity index (χ1n) is 16.3. The van der Waals surface area contributed by atoms with Gasteiger partial charge in [0.05, 0.1) is 76.2 Å². The molecule has 0 spiro atoms. The number of hydrogen-bond donors (Lipinski definition) is 2. The molecule has 2 aliphatic rings. The largest absolute Gasteiger partial charge is 0.504 e. The summed E-state index contributed by atoms with van der Waals surface area (Å²) < 4.78 is 55.9. The SMILES string of the molecule is COc1cc(C2OCCc3c(-c4cc(O)c(O)c5c4CC(C)OC5)c(OC)cc(OC)c32)cc(OC)c1OC.COc1cccc(OC)c1OC. The van der Waals surface area contributed by atoms with Crippen LogP contribution in [0.15, 0.2) is 42.5 Å². The third-order valence-corrected chi connectivity index (χ3v) is 9.09. The van der Waals surface area contributed by atoms with Crippen LogP contribution in [0.3, 0.4) is 0 Å². The minimum absolute atomic E-state index is 0.0458. The summed E-state index contributed by atoms with van der Waals surface area (Å²) in [5.41, 5.74) is 5.75. The lowest BCUT2D eigenvalue weighted by Gasteiger charge is -2.33. The molecular formula is C39H46O12. The van der Waals surface area contributed by atoms with Gasteiger partial charge in [-0.15, -0.1) is 0 Å². The van der Waals surface area contributed by atoms with Gasteiger partial charge in [-0.25, -0.2) is 0 Å². The molecule has 2 heterocycles. The fourth-order valence-corrected chi connectivity index (χ4v) is 6.71. The number of phenols is 2. The smallest absolute Gasteiger partial charge is 0.203 e. The van der Waals surface area contributed by atoms with Gasteiger partial charge >= 0.3 is 0 Å². The number of rotatable bonds is 10. The Kier molecular flexibility index (Phi) is 11.8. The van der Waals surface area contributed by atoms with Crippen molar-refractivity contribution in [1.29, 1.82) is 0 Å². The normalized spacial score (nSPS) is 16.0. The molecule has 2 atom stereocenters. The molecule has 0 saturated carbocycles. The van der Waals surface area contributed by atoms with Crippen molar-refractivity contribution in [1.82, 2.24) is 0 Å². The molecule has 4 aromatic rings. The average molecular weight is 707 g/mol. The second kappa shape index (κ2) is 16.2. The van der Waals surface area contributed by atoms with E-state index in [1.165, 1.54) is 0 Å². The van der Waals surface area contributed by atoms with Crippen LogP contribution in [0.2, 0.25) is 0 Å². The van der Waals surface area contributed by atoms with Crippen LogP contribution in [0, 0.1) is 0 Å². The summed E-state index contributed by atoms with van der Waals surface area (Å²) in [4.78, 5) is 0. The number of phenolic OH excluding ortho intramolecular Hbond substituents is 2. The number of methoxy groups -OCH3 is 8. The van der Waals surface area contributed by atoms with E-state index in [2.05, 4.69) is 0 Å².